The number of rotatable bonds is 3. The van der Waals surface area contributed by atoms with Gasteiger partial charge in [-0.1, -0.05) is 12.1 Å². The van der Waals surface area contributed by atoms with Gasteiger partial charge in [0.05, 0.1) is 18.0 Å². The van der Waals surface area contributed by atoms with Gasteiger partial charge in [-0.05, 0) is 36.5 Å². The van der Waals surface area contributed by atoms with Crippen molar-refractivity contribution in [3.05, 3.63) is 48.0 Å². The summed E-state index contributed by atoms with van der Waals surface area (Å²) < 4.78 is 14.6. The molecule has 1 aliphatic heterocycles. The Labute approximate surface area is 139 Å². The third-order valence-electron chi connectivity index (χ3n) is 4.44. The average molecular weight is 332 g/mol. The summed E-state index contributed by atoms with van der Waals surface area (Å²) in [7, 11) is 1.79. The molecular formula is C17H21FN4O2. The van der Waals surface area contributed by atoms with Crippen molar-refractivity contribution < 1.29 is 14.3 Å². The lowest BCUT2D eigenvalue weighted by atomic mass is 9.87. The summed E-state index contributed by atoms with van der Waals surface area (Å²) in [6.07, 6.45) is 4.12. The zero-order valence-corrected chi connectivity index (χ0v) is 13.5. The summed E-state index contributed by atoms with van der Waals surface area (Å²) in [5.41, 5.74) is 1.38. The lowest BCUT2D eigenvalue weighted by molar-refractivity contribution is 0.0682. The molecule has 7 heteroatoms. The van der Waals surface area contributed by atoms with Crippen LogP contribution in [0.25, 0.3) is 0 Å². The molecule has 24 heavy (non-hydrogen) atoms. The molecular weight excluding hydrogens is 311 g/mol. The second kappa shape index (κ2) is 7.00. The fraction of sp³-hybridized carbons (Fsp3) is 0.412. The van der Waals surface area contributed by atoms with Crippen molar-refractivity contribution >= 4 is 11.7 Å². The zero-order valence-electron chi connectivity index (χ0n) is 13.5. The number of nitrogens with zero attached hydrogens (tertiary/aromatic N) is 3. The third kappa shape index (κ3) is 3.73. The summed E-state index contributed by atoms with van der Waals surface area (Å²) in [6.45, 7) is 1.16. The molecule has 2 aromatic rings. The Hall–Kier alpha value is -2.41. The average Bonchev–Trinajstić information content (AvgIpc) is 3.00. The SMILES string of the molecule is Cn1cc(NC(=O)N2CCC(C(O)c3ccc(F)cc3)CC2)cn1. The predicted octanol–water partition coefficient (Wildman–Crippen LogP) is 2.54. The molecule has 1 unspecified atom stereocenters. The lowest BCUT2D eigenvalue weighted by Crippen LogP contribution is -2.42. The van der Waals surface area contributed by atoms with Gasteiger partial charge in [-0.3, -0.25) is 4.68 Å². The number of aryl methyl sites for hydroxylation is 1. The molecule has 6 nitrogen and oxygen atoms in total. The van der Waals surface area contributed by atoms with Crippen molar-refractivity contribution in [3.63, 3.8) is 0 Å². The van der Waals surface area contributed by atoms with Crippen LogP contribution in [0.1, 0.15) is 24.5 Å². The third-order valence-corrected chi connectivity index (χ3v) is 4.44. The molecule has 2 heterocycles. The van der Waals surface area contributed by atoms with Gasteiger partial charge in [-0.2, -0.15) is 5.10 Å². The molecule has 0 bridgehead atoms. The van der Waals surface area contributed by atoms with Crippen LogP contribution in [-0.2, 0) is 7.05 Å². The summed E-state index contributed by atoms with van der Waals surface area (Å²) >= 11 is 0. The Morgan fingerprint density at radius 2 is 2.00 bits per heavy atom. The molecule has 0 radical (unpaired) electrons. The van der Waals surface area contributed by atoms with Gasteiger partial charge in [0.25, 0.3) is 0 Å². The van der Waals surface area contributed by atoms with E-state index in [1.165, 1.54) is 12.1 Å². The molecule has 128 valence electrons. The quantitative estimate of drug-likeness (QED) is 0.907. The second-order valence-electron chi connectivity index (χ2n) is 6.15. The van der Waals surface area contributed by atoms with Crippen molar-refractivity contribution in [2.24, 2.45) is 13.0 Å². The van der Waals surface area contributed by atoms with Crippen molar-refractivity contribution in [1.29, 1.82) is 0 Å². The molecule has 0 spiro atoms. The maximum Gasteiger partial charge on any atom is 0.321 e. The topological polar surface area (TPSA) is 70.4 Å². The first-order valence-electron chi connectivity index (χ1n) is 8.01. The fourth-order valence-corrected chi connectivity index (χ4v) is 3.04. The normalized spacial score (nSPS) is 16.9. The van der Waals surface area contributed by atoms with E-state index in [2.05, 4.69) is 10.4 Å². The Balaban J connectivity index is 1.53. The number of hydrogen-bond donors (Lipinski definition) is 2. The molecule has 2 amide bonds. The summed E-state index contributed by atoms with van der Waals surface area (Å²) in [4.78, 5) is 14.0. The van der Waals surface area contributed by atoms with Gasteiger partial charge < -0.3 is 15.3 Å². The molecule has 1 atom stereocenters. The van der Waals surface area contributed by atoms with E-state index in [1.54, 1.807) is 41.2 Å². The number of amides is 2. The minimum atomic E-state index is -0.630. The number of likely N-dealkylation sites (tertiary alicyclic amines) is 1. The largest absolute Gasteiger partial charge is 0.388 e. The van der Waals surface area contributed by atoms with Crippen molar-refractivity contribution in [2.75, 3.05) is 18.4 Å². The van der Waals surface area contributed by atoms with Crippen LogP contribution in [0.3, 0.4) is 0 Å². The van der Waals surface area contributed by atoms with Gasteiger partial charge in [0.15, 0.2) is 0 Å². The van der Waals surface area contributed by atoms with E-state index in [-0.39, 0.29) is 17.8 Å². The number of urea groups is 1. The first-order chi connectivity index (χ1) is 11.5. The second-order valence-corrected chi connectivity index (χ2v) is 6.15. The van der Waals surface area contributed by atoms with Crippen LogP contribution in [0.4, 0.5) is 14.9 Å². The number of halogens is 1. The van der Waals surface area contributed by atoms with E-state index in [9.17, 15) is 14.3 Å². The Kier molecular flexibility index (Phi) is 4.80. The molecule has 1 aliphatic rings. The number of aliphatic hydroxyl groups is 1. The smallest absolute Gasteiger partial charge is 0.321 e. The maximum absolute atomic E-state index is 13.0. The van der Waals surface area contributed by atoms with Crippen LogP contribution in [0.15, 0.2) is 36.7 Å². The van der Waals surface area contributed by atoms with Gasteiger partial charge in [0.1, 0.15) is 5.82 Å². The van der Waals surface area contributed by atoms with E-state index in [0.29, 0.717) is 31.6 Å². The molecule has 1 fully saturated rings. The highest BCUT2D eigenvalue weighted by Crippen LogP contribution is 2.31. The minimum Gasteiger partial charge on any atom is -0.388 e. The van der Waals surface area contributed by atoms with Gasteiger partial charge in [-0.25, -0.2) is 9.18 Å². The van der Waals surface area contributed by atoms with E-state index >= 15 is 0 Å². The van der Waals surface area contributed by atoms with Crippen LogP contribution in [0.2, 0.25) is 0 Å². The Bertz CT molecular complexity index is 693. The standard InChI is InChI=1S/C17H21FN4O2/c1-21-11-15(10-19-21)20-17(24)22-8-6-13(7-9-22)16(23)12-2-4-14(18)5-3-12/h2-5,10-11,13,16,23H,6-9H2,1H3,(H,20,24). The molecule has 2 N–H and O–H groups in total. The highest BCUT2D eigenvalue weighted by Gasteiger charge is 2.28. The Morgan fingerprint density at radius 3 is 2.58 bits per heavy atom. The van der Waals surface area contributed by atoms with Gasteiger partial charge >= 0.3 is 6.03 Å². The van der Waals surface area contributed by atoms with E-state index in [4.69, 9.17) is 0 Å². The van der Waals surface area contributed by atoms with Crippen LogP contribution in [0.5, 0.6) is 0 Å². The number of anilines is 1. The number of hydrogen-bond acceptors (Lipinski definition) is 3. The van der Waals surface area contributed by atoms with Crippen molar-refractivity contribution in [1.82, 2.24) is 14.7 Å². The summed E-state index contributed by atoms with van der Waals surface area (Å²) in [6, 6.07) is 5.78. The van der Waals surface area contributed by atoms with Crippen LogP contribution in [0, 0.1) is 11.7 Å². The number of aliphatic hydroxyl groups excluding tert-OH is 1. The zero-order chi connectivity index (χ0) is 17.1. The predicted molar refractivity (Wildman–Crippen MR) is 87.9 cm³/mol. The minimum absolute atomic E-state index is 0.0675. The maximum atomic E-state index is 13.0. The molecule has 1 saturated heterocycles. The first-order valence-corrected chi connectivity index (χ1v) is 8.01. The number of benzene rings is 1. The number of piperidine rings is 1. The lowest BCUT2D eigenvalue weighted by Gasteiger charge is -2.34. The molecule has 3 rings (SSSR count). The highest BCUT2D eigenvalue weighted by atomic mass is 19.1. The highest BCUT2D eigenvalue weighted by molar-refractivity contribution is 5.89. The van der Waals surface area contributed by atoms with Gasteiger partial charge in [0, 0.05) is 26.3 Å². The number of carbonyl (C=O) groups excluding carboxylic acids is 1. The van der Waals surface area contributed by atoms with Gasteiger partial charge in [-0.15, -0.1) is 0 Å². The number of carbonyl (C=O) groups is 1. The molecule has 1 aromatic heterocycles. The molecule has 1 aromatic carbocycles. The Morgan fingerprint density at radius 1 is 1.33 bits per heavy atom. The number of aromatic nitrogens is 2. The summed E-state index contributed by atoms with van der Waals surface area (Å²) in [5.74, 6) is -0.245. The van der Waals surface area contributed by atoms with E-state index < -0.39 is 6.10 Å². The van der Waals surface area contributed by atoms with Gasteiger partial charge in [0.2, 0.25) is 0 Å². The van der Waals surface area contributed by atoms with E-state index in [1.807, 2.05) is 0 Å². The van der Waals surface area contributed by atoms with Crippen LogP contribution < -0.4 is 5.32 Å². The molecule has 0 aliphatic carbocycles. The molecule has 0 saturated carbocycles. The monoisotopic (exact) mass is 332 g/mol. The summed E-state index contributed by atoms with van der Waals surface area (Å²) in [5, 5.41) is 17.3. The first kappa shape index (κ1) is 16.4. The fourth-order valence-electron chi connectivity index (χ4n) is 3.04. The van der Waals surface area contributed by atoms with Crippen molar-refractivity contribution in [2.45, 2.75) is 18.9 Å². The van der Waals surface area contributed by atoms with E-state index in [0.717, 1.165) is 5.56 Å². The number of nitrogens with one attached hydrogen (secondary N) is 1. The van der Waals surface area contributed by atoms with Crippen LogP contribution >= 0.6 is 0 Å². The van der Waals surface area contributed by atoms with Crippen molar-refractivity contribution in [3.8, 4) is 0 Å². The van der Waals surface area contributed by atoms with Crippen LogP contribution in [-0.4, -0.2) is 38.9 Å².